The van der Waals surface area contributed by atoms with Crippen LogP contribution in [-0.2, 0) is 0 Å². The van der Waals surface area contributed by atoms with E-state index < -0.39 is 5.97 Å². The van der Waals surface area contributed by atoms with Gasteiger partial charge in [0.25, 0.3) is 0 Å². The molecule has 2 aromatic rings. The summed E-state index contributed by atoms with van der Waals surface area (Å²) in [4.78, 5) is 12.3. The largest absolute Gasteiger partial charge is 1.00 e. The van der Waals surface area contributed by atoms with Gasteiger partial charge in [-0.2, -0.15) is 12.5 Å². The first-order valence-corrected chi connectivity index (χ1v) is 12.6. The Morgan fingerprint density at radius 1 is 1.23 bits per heavy atom. The number of fused-ring (bicyclic) bond motifs is 1. The fraction of sp³-hybridized carbons (Fsp3) is 0.235. The molecule has 0 atom stereocenters. The van der Waals surface area contributed by atoms with E-state index in [4.69, 9.17) is 9.84 Å². The Hall–Kier alpha value is -2.72. The molecule has 1 N–H and O–H groups in total. The van der Waals surface area contributed by atoms with Gasteiger partial charge in [-0.25, -0.2) is 0 Å². The Morgan fingerprint density at radius 2 is 1.95 bits per heavy atom. The Labute approximate surface area is 277 Å². The molecule has 0 unspecified atom stereocenters. The number of carboxylic acids is 1. The summed E-state index contributed by atoms with van der Waals surface area (Å²) in [5, 5.41) is 8.35. The minimum absolute atomic E-state index is 0. The van der Waals surface area contributed by atoms with Crippen LogP contribution in [0.4, 0.5) is 0 Å². The second-order valence-electron chi connectivity index (χ2n) is 9.06. The van der Waals surface area contributed by atoms with Crippen LogP contribution >= 0.6 is 0 Å². The molecule has 39 heavy (non-hydrogen) atoms. The predicted octanol–water partition coefficient (Wildman–Crippen LogP) is 4.80. The van der Waals surface area contributed by atoms with Crippen molar-refractivity contribution in [3.63, 3.8) is 0 Å². The standard InChI is InChI=1S/C25H30NO.C7H5O2.C2H2.K/c1-7-10-22-18(4)24(21-12-9-11-19(15-21)16-26(5)6)27-25-20(8-2)13-17(3)14-23(22)25;8-7(9)6-4-2-1-3-5-6;1-2;/h8-10,12-16H,7,11H2,1-6H3;1-4H,(H,8,9);1-2H;/q2*-1;;+1/b19-16+,22-10-;;;. The number of hydrogen-bond donors (Lipinski definition) is 1. The van der Waals surface area contributed by atoms with Crippen molar-refractivity contribution in [2.75, 3.05) is 14.1 Å². The van der Waals surface area contributed by atoms with Crippen LogP contribution in [-0.4, -0.2) is 30.1 Å². The summed E-state index contributed by atoms with van der Waals surface area (Å²) < 4.78 is 6.54. The average Bonchev–Trinajstić information content (AvgIpc) is 2.91. The van der Waals surface area contributed by atoms with E-state index in [1.165, 1.54) is 33.9 Å². The van der Waals surface area contributed by atoms with Gasteiger partial charge < -0.3 is 19.5 Å². The van der Waals surface area contributed by atoms with Gasteiger partial charge in [0.2, 0.25) is 5.97 Å². The Balaban J connectivity index is 0.000000535. The van der Waals surface area contributed by atoms with E-state index in [0.29, 0.717) is 0 Å². The number of terminal acetylenes is 1. The monoisotopic (exact) mass is 546 g/mol. The van der Waals surface area contributed by atoms with Crippen molar-refractivity contribution in [3.8, 4) is 18.6 Å². The third-order valence-electron chi connectivity index (χ3n) is 5.84. The maximum atomic E-state index is 10.2. The zero-order valence-corrected chi connectivity index (χ0v) is 27.3. The van der Waals surface area contributed by atoms with Crippen LogP contribution in [0.1, 0.15) is 60.7 Å². The molecular weight excluding hydrogens is 509 g/mol. The molecule has 4 rings (SSSR count). The van der Waals surface area contributed by atoms with E-state index in [9.17, 15) is 4.79 Å². The van der Waals surface area contributed by atoms with Gasteiger partial charge in [0, 0.05) is 31.6 Å². The number of hydrogen-bond acceptors (Lipinski definition) is 3. The van der Waals surface area contributed by atoms with Crippen LogP contribution in [0.3, 0.4) is 0 Å². The fourth-order valence-electron chi connectivity index (χ4n) is 4.29. The molecule has 5 heteroatoms. The summed E-state index contributed by atoms with van der Waals surface area (Å²) in [6.07, 6.45) is 23.2. The van der Waals surface area contributed by atoms with Crippen LogP contribution in [0.2, 0.25) is 0 Å². The number of nitrogens with zero attached hydrogens (tertiary/aromatic N) is 1. The van der Waals surface area contributed by atoms with Crippen LogP contribution < -0.4 is 56.1 Å². The maximum Gasteiger partial charge on any atom is 1.00 e. The van der Waals surface area contributed by atoms with Crippen molar-refractivity contribution in [2.24, 2.45) is 0 Å². The molecule has 198 valence electrons. The van der Waals surface area contributed by atoms with E-state index in [2.05, 4.69) is 115 Å². The Morgan fingerprint density at radius 3 is 2.49 bits per heavy atom. The molecule has 0 amide bonds. The average molecular weight is 547 g/mol. The number of ether oxygens (including phenoxy) is 1. The van der Waals surface area contributed by atoms with E-state index in [1.807, 2.05) is 0 Å². The zero-order valence-electron chi connectivity index (χ0n) is 24.2. The molecule has 1 aliphatic carbocycles. The molecular formula is C34H37KNO3-. The third-order valence-corrected chi connectivity index (χ3v) is 5.84. The molecule has 0 radical (unpaired) electrons. The molecule has 0 saturated carbocycles. The topological polar surface area (TPSA) is 49.8 Å². The van der Waals surface area contributed by atoms with Crippen molar-refractivity contribution in [2.45, 2.75) is 40.5 Å². The Bertz CT molecular complexity index is 1310. The van der Waals surface area contributed by atoms with Gasteiger partial charge in [-0.05, 0) is 48.1 Å². The molecule has 0 aromatic heterocycles. The van der Waals surface area contributed by atoms with E-state index >= 15 is 0 Å². The summed E-state index contributed by atoms with van der Waals surface area (Å²) in [5.41, 5.74) is 8.75. The summed E-state index contributed by atoms with van der Waals surface area (Å²) in [6.45, 7) is 8.59. The molecule has 0 bridgehead atoms. The number of rotatable bonds is 5. The van der Waals surface area contributed by atoms with Crippen molar-refractivity contribution >= 4 is 11.5 Å². The maximum absolute atomic E-state index is 10.2. The van der Waals surface area contributed by atoms with E-state index in [-0.39, 0.29) is 56.9 Å². The molecule has 0 spiro atoms. The van der Waals surface area contributed by atoms with E-state index in [0.717, 1.165) is 35.5 Å². The Kier molecular flexibility index (Phi) is 15.0. The third kappa shape index (κ3) is 9.45. The van der Waals surface area contributed by atoms with E-state index in [1.54, 1.807) is 18.2 Å². The normalized spacial score (nSPS) is 15.3. The number of aromatic carboxylic acids is 1. The number of aryl methyl sites for hydroxylation is 1. The van der Waals surface area contributed by atoms with Crippen LogP contribution in [0.5, 0.6) is 5.75 Å². The van der Waals surface area contributed by atoms with Gasteiger partial charge in [-0.1, -0.05) is 50.6 Å². The predicted molar refractivity (Wildman–Crippen MR) is 158 cm³/mol. The molecule has 0 fully saturated rings. The molecule has 4 nitrogen and oxygen atoms in total. The van der Waals surface area contributed by atoms with Crippen LogP contribution in [0.15, 0.2) is 89.4 Å². The first-order chi connectivity index (χ1) is 18.2. The van der Waals surface area contributed by atoms with Crippen molar-refractivity contribution < 1.29 is 66.0 Å². The second kappa shape index (κ2) is 17.1. The van der Waals surface area contributed by atoms with Crippen LogP contribution in [0.25, 0.3) is 5.57 Å². The summed E-state index contributed by atoms with van der Waals surface area (Å²) in [6, 6.07) is 13.5. The van der Waals surface area contributed by atoms with Gasteiger partial charge in [0.1, 0.15) is 5.76 Å². The zero-order chi connectivity index (χ0) is 28.2. The summed E-state index contributed by atoms with van der Waals surface area (Å²) in [7, 11) is 4.12. The summed E-state index contributed by atoms with van der Waals surface area (Å²) in [5.74, 6) is 1.01. The van der Waals surface area contributed by atoms with Gasteiger partial charge in [0.05, 0.1) is 0 Å². The second-order valence-corrected chi connectivity index (χ2v) is 9.06. The van der Waals surface area contributed by atoms with Crippen molar-refractivity contribution in [3.05, 3.63) is 124 Å². The quantitative estimate of drug-likeness (QED) is 0.333. The van der Waals surface area contributed by atoms with Crippen molar-refractivity contribution in [1.82, 2.24) is 4.90 Å². The molecule has 2 aliphatic rings. The molecule has 2 aromatic carbocycles. The number of carboxylic acid groups (broad SMARTS) is 1. The summed E-state index contributed by atoms with van der Waals surface area (Å²) >= 11 is 0. The van der Waals surface area contributed by atoms with Gasteiger partial charge in [0.15, 0.2) is 0 Å². The molecule has 0 saturated heterocycles. The molecule has 1 heterocycles. The first kappa shape index (κ1) is 34.3. The number of benzene rings is 2. The number of allylic oxidation sites excluding steroid dienone is 7. The van der Waals surface area contributed by atoms with Gasteiger partial charge in [-0.15, -0.1) is 54.3 Å². The van der Waals surface area contributed by atoms with Gasteiger partial charge in [-0.3, -0.25) is 0 Å². The van der Waals surface area contributed by atoms with Gasteiger partial charge >= 0.3 is 51.4 Å². The minimum Gasteiger partial charge on any atom is -0.521 e. The molecule has 1 aliphatic heterocycles. The number of carbonyl (C=O) groups is 1. The van der Waals surface area contributed by atoms with Crippen molar-refractivity contribution in [1.29, 1.82) is 0 Å². The minimum atomic E-state index is -0.935. The fourth-order valence-corrected chi connectivity index (χ4v) is 4.29. The smallest absolute Gasteiger partial charge is 0.521 e. The van der Waals surface area contributed by atoms with Crippen LogP contribution in [0, 0.1) is 32.3 Å². The first-order valence-electron chi connectivity index (χ1n) is 12.6. The SMILES string of the molecule is C#C.C[CH-]c1cc(C)cc2c1OC(C1=C/C(=C/N(C)C)CC=C1)=C(C)/C2=C/CC.O=C(O)c1[c-]cccc1.[K+].